The highest BCUT2D eigenvalue weighted by Crippen LogP contribution is 2.12. The molecule has 0 saturated carbocycles. The third-order valence-electron chi connectivity index (χ3n) is 3.86. The molecule has 2 N–H and O–H groups in total. The third-order valence-corrected chi connectivity index (χ3v) is 3.86. The molecule has 0 spiro atoms. The van der Waals surface area contributed by atoms with E-state index in [2.05, 4.69) is 15.5 Å². The van der Waals surface area contributed by atoms with Crippen molar-refractivity contribution in [2.45, 2.75) is 6.42 Å². The van der Waals surface area contributed by atoms with E-state index in [1.54, 1.807) is 7.11 Å². The lowest BCUT2D eigenvalue weighted by molar-refractivity contribution is -0.139. The maximum absolute atomic E-state index is 11.8. The Morgan fingerprint density at radius 1 is 1.17 bits per heavy atom. The van der Waals surface area contributed by atoms with Gasteiger partial charge in [0.15, 0.2) is 0 Å². The summed E-state index contributed by atoms with van der Waals surface area (Å²) in [6.45, 7) is 4.76. The summed E-state index contributed by atoms with van der Waals surface area (Å²) in [6, 6.07) is 7.63. The Balaban J connectivity index is 1.61. The second-order valence-electron chi connectivity index (χ2n) is 5.57. The fraction of sp³-hybridized carbons (Fsp3) is 0.529. The first-order valence-electron chi connectivity index (χ1n) is 8.18. The van der Waals surface area contributed by atoms with Gasteiger partial charge >= 0.3 is 11.8 Å². The number of rotatable bonds is 7. The first-order valence-corrected chi connectivity index (χ1v) is 8.18. The van der Waals surface area contributed by atoms with Crippen LogP contribution in [0.2, 0.25) is 0 Å². The Morgan fingerprint density at radius 2 is 1.88 bits per heavy atom. The van der Waals surface area contributed by atoms with Crippen molar-refractivity contribution >= 4 is 11.8 Å². The third kappa shape index (κ3) is 6.17. The van der Waals surface area contributed by atoms with Crippen molar-refractivity contribution in [2.75, 3.05) is 53.0 Å². The van der Waals surface area contributed by atoms with Crippen LogP contribution >= 0.6 is 0 Å². The van der Waals surface area contributed by atoms with Gasteiger partial charge in [-0.05, 0) is 24.1 Å². The van der Waals surface area contributed by atoms with Crippen LogP contribution < -0.4 is 15.4 Å². The molecule has 0 bridgehead atoms. The van der Waals surface area contributed by atoms with Crippen LogP contribution in [0, 0.1) is 0 Å². The van der Waals surface area contributed by atoms with Gasteiger partial charge in [-0.25, -0.2) is 0 Å². The lowest BCUT2D eigenvalue weighted by atomic mass is 10.1. The van der Waals surface area contributed by atoms with Crippen LogP contribution in [0.25, 0.3) is 0 Å². The van der Waals surface area contributed by atoms with E-state index in [1.165, 1.54) is 0 Å². The molecule has 0 atom stereocenters. The molecule has 2 amide bonds. The molecule has 2 rings (SSSR count). The number of nitrogens with one attached hydrogen (secondary N) is 2. The van der Waals surface area contributed by atoms with Gasteiger partial charge in [-0.2, -0.15) is 0 Å². The molecular formula is C17H25N3O4. The average Bonchev–Trinajstić information content (AvgIpc) is 2.62. The largest absolute Gasteiger partial charge is 0.497 e. The van der Waals surface area contributed by atoms with Gasteiger partial charge in [0, 0.05) is 32.7 Å². The number of morpholine rings is 1. The number of amides is 2. The van der Waals surface area contributed by atoms with Gasteiger partial charge in [-0.15, -0.1) is 0 Å². The molecule has 1 heterocycles. The SMILES string of the molecule is COc1cccc(CCNC(=O)C(=O)NCCN2CCOCC2)c1. The Bertz CT molecular complexity index is 544. The second-order valence-corrected chi connectivity index (χ2v) is 5.57. The van der Waals surface area contributed by atoms with Crippen molar-refractivity contribution in [1.82, 2.24) is 15.5 Å². The summed E-state index contributed by atoms with van der Waals surface area (Å²) in [6.07, 6.45) is 0.643. The number of carbonyl (C=O) groups excluding carboxylic acids is 2. The van der Waals surface area contributed by atoms with Gasteiger partial charge in [0.1, 0.15) is 5.75 Å². The van der Waals surface area contributed by atoms with Crippen molar-refractivity contribution in [3.8, 4) is 5.75 Å². The average molecular weight is 335 g/mol. The Hall–Kier alpha value is -2.12. The molecule has 7 heteroatoms. The van der Waals surface area contributed by atoms with E-state index in [1.807, 2.05) is 24.3 Å². The van der Waals surface area contributed by atoms with Gasteiger partial charge in [-0.3, -0.25) is 14.5 Å². The van der Waals surface area contributed by atoms with Gasteiger partial charge in [-0.1, -0.05) is 12.1 Å². The molecule has 24 heavy (non-hydrogen) atoms. The van der Waals surface area contributed by atoms with Crippen LogP contribution in [0.3, 0.4) is 0 Å². The number of methoxy groups -OCH3 is 1. The summed E-state index contributed by atoms with van der Waals surface area (Å²) in [4.78, 5) is 25.7. The zero-order chi connectivity index (χ0) is 17.2. The van der Waals surface area contributed by atoms with E-state index in [9.17, 15) is 9.59 Å². The van der Waals surface area contributed by atoms with Crippen LogP contribution in [0.5, 0.6) is 5.75 Å². The second kappa shape index (κ2) is 9.89. The fourth-order valence-electron chi connectivity index (χ4n) is 2.46. The Kier molecular flexibility index (Phi) is 7.51. The molecule has 1 aliphatic rings. The number of ether oxygens (including phenoxy) is 2. The van der Waals surface area contributed by atoms with Gasteiger partial charge in [0.2, 0.25) is 0 Å². The first-order chi connectivity index (χ1) is 11.7. The van der Waals surface area contributed by atoms with Crippen molar-refractivity contribution in [3.63, 3.8) is 0 Å². The van der Waals surface area contributed by atoms with E-state index < -0.39 is 11.8 Å². The molecular weight excluding hydrogens is 310 g/mol. The number of hydrogen-bond donors (Lipinski definition) is 2. The minimum atomic E-state index is -0.597. The van der Waals surface area contributed by atoms with Crippen LogP contribution in [0.4, 0.5) is 0 Å². The van der Waals surface area contributed by atoms with E-state index in [0.717, 1.165) is 44.2 Å². The lowest BCUT2D eigenvalue weighted by Gasteiger charge is -2.26. The molecule has 1 fully saturated rings. The zero-order valence-corrected chi connectivity index (χ0v) is 14.0. The zero-order valence-electron chi connectivity index (χ0n) is 14.0. The molecule has 0 aliphatic carbocycles. The monoisotopic (exact) mass is 335 g/mol. The van der Waals surface area contributed by atoms with E-state index in [4.69, 9.17) is 9.47 Å². The summed E-state index contributed by atoms with van der Waals surface area (Å²) in [5.41, 5.74) is 1.04. The summed E-state index contributed by atoms with van der Waals surface area (Å²) >= 11 is 0. The van der Waals surface area contributed by atoms with Crippen LogP contribution in [0.1, 0.15) is 5.56 Å². The van der Waals surface area contributed by atoms with Crippen molar-refractivity contribution in [3.05, 3.63) is 29.8 Å². The molecule has 1 aromatic rings. The minimum Gasteiger partial charge on any atom is -0.497 e. The Labute approximate surface area is 142 Å². The molecule has 7 nitrogen and oxygen atoms in total. The summed E-state index contributed by atoms with van der Waals surface area (Å²) in [5, 5.41) is 5.27. The molecule has 0 aromatic heterocycles. The minimum absolute atomic E-state index is 0.406. The molecule has 1 aliphatic heterocycles. The van der Waals surface area contributed by atoms with Crippen molar-refractivity contribution in [2.24, 2.45) is 0 Å². The molecule has 1 saturated heterocycles. The molecule has 0 radical (unpaired) electrons. The summed E-state index contributed by atoms with van der Waals surface area (Å²) in [5.74, 6) is -0.409. The molecule has 0 unspecified atom stereocenters. The normalized spacial score (nSPS) is 14.9. The smallest absolute Gasteiger partial charge is 0.309 e. The van der Waals surface area contributed by atoms with E-state index >= 15 is 0 Å². The van der Waals surface area contributed by atoms with Gasteiger partial charge in [0.25, 0.3) is 0 Å². The van der Waals surface area contributed by atoms with E-state index in [-0.39, 0.29) is 0 Å². The molecule has 132 valence electrons. The van der Waals surface area contributed by atoms with Crippen LogP contribution in [0.15, 0.2) is 24.3 Å². The van der Waals surface area contributed by atoms with Gasteiger partial charge in [0.05, 0.1) is 20.3 Å². The molecule has 1 aromatic carbocycles. The number of carbonyl (C=O) groups is 2. The van der Waals surface area contributed by atoms with Gasteiger partial charge < -0.3 is 20.1 Å². The predicted octanol–water partition coefficient (Wildman–Crippen LogP) is -0.198. The predicted molar refractivity (Wildman–Crippen MR) is 90.0 cm³/mol. The van der Waals surface area contributed by atoms with Crippen LogP contribution in [-0.4, -0.2) is 69.8 Å². The quantitative estimate of drug-likeness (QED) is 0.675. The Morgan fingerprint density at radius 3 is 2.58 bits per heavy atom. The highest BCUT2D eigenvalue weighted by atomic mass is 16.5. The maximum Gasteiger partial charge on any atom is 0.309 e. The number of nitrogens with zero attached hydrogens (tertiary/aromatic N) is 1. The van der Waals surface area contributed by atoms with Crippen LogP contribution in [-0.2, 0) is 20.7 Å². The fourth-order valence-corrected chi connectivity index (χ4v) is 2.46. The van der Waals surface area contributed by atoms with Crippen molar-refractivity contribution < 1.29 is 19.1 Å². The first kappa shape index (κ1) is 18.2. The topological polar surface area (TPSA) is 79.9 Å². The van der Waals surface area contributed by atoms with E-state index in [0.29, 0.717) is 19.5 Å². The standard InChI is InChI=1S/C17H25N3O4/c1-23-15-4-2-3-14(13-15)5-6-18-16(21)17(22)19-7-8-20-9-11-24-12-10-20/h2-4,13H,5-12H2,1H3,(H,18,21)(H,19,22). The highest BCUT2D eigenvalue weighted by molar-refractivity contribution is 6.35. The lowest BCUT2D eigenvalue weighted by Crippen LogP contribution is -2.45. The summed E-state index contributed by atoms with van der Waals surface area (Å²) < 4.78 is 10.4. The number of hydrogen-bond acceptors (Lipinski definition) is 5. The highest BCUT2D eigenvalue weighted by Gasteiger charge is 2.14. The van der Waals surface area contributed by atoms with Crippen molar-refractivity contribution in [1.29, 1.82) is 0 Å². The number of benzene rings is 1. The maximum atomic E-state index is 11.8. The summed E-state index contributed by atoms with van der Waals surface area (Å²) in [7, 11) is 1.61.